The molecule has 1 unspecified atom stereocenters. The van der Waals surface area contributed by atoms with Gasteiger partial charge in [0.05, 0.1) is 19.2 Å². The largest absolute Gasteiger partial charge is 0.467 e. The van der Waals surface area contributed by atoms with Crippen LogP contribution in [0.15, 0.2) is 94.9 Å². The molecule has 0 aliphatic rings. The summed E-state index contributed by atoms with van der Waals surface area (Å²) in [6.07, 6.45) is 1.79. The van der Waals surface area contributed by atoms with Crippen LogP contribution < -0.4 is 5.32 Å². The van der Waals surface area contributed by atoms with Crippen LogP contribution in [-0.2, 0) is 22.6 Å². The van der Waals surface area contributed by atoms with E-state index >= 15 is 0 Å². The lowest BCUT2D eigenvalue weighted by molar-refractivity contribution is -0.139. The highest BCUT2D eigenvalue weighted by Gasteiger charge is 2.32. The summed E-state index contributed by atoms with van der Waals surface area (Å²) in [6.45, 7) is 4.45. The maximum absolute atomic E-state index is 13.7. The minimum atomic E-state index is -0.816. The summed E-state index contributed by atoms with van der Waals surface area (Å²) in [6, 6.07) is 23.9. The van der Waals surface area contributed by atoms with Crippen molar-refractivity contribution < 1.29 is 14.0 Å². The minimum absolute atomic E-state index is 0.141. The fraction of sp³-hybridized carbons (Fsp3) is 0.214. The number of furan rings is 1. The van der Waals surface area contributed by atoms with Gasteiger partial charge in [-0.2, -0.15) is 0 Å². The van der Waals surface area contributed by atoms with Crippen LogP contribution in [-0.4, -0.2) is 16.7 Å². The molecule has 2 amide bonds. The van der Waals surface area contributed by atoms with Gasteiger partial charge in [0.2, 0.25) is 5.91 Å². The van der Waals surface area contributed by atoms with Gasteiger partial charge in [0.1, 0.15) is 11.8 Å². The smallest absolute Gasteiger partial charge is 0.251 e. The highest BCUT2D eigenvalue weighted by molar-refractivity contribution is 7.10. The lowest BCUT2D eigenvalue weighted by Crippen LogP contribution is -2.41. The van der Waals surface area contributed by atoms with Gasteiger partial charge in [0.25, 0.3) is 5.91 Å². The number of benzene rings is 2. The van der Waals surface area contributed by atoms with Crippen LogP contribution in [0.5, 0.6) is 0 Å². The number of anilines is 1. The van der Waals surface area contributed by atoms with Gasteiger partial charge in [-0.3, -0.25) is 9.59 Å². The topological polar surface area (TPSA) is 62.6 Å². The number of rotatable bonds is 9. The number of carbonyl (C=O) groups excluding carboxylic acids is 2. The molecular formula is C28H28N2O3S. The Kier molecular flexibility index (Phi) is 7.60. The summed E-state index contributed by atoms with van der Waals surface area (Å²) < 4.78 is 5.55. The molecule has 0 aliphatic heterocycles. The number of nitrogens with zero attached hydrogens (tertiary/aromatic N) is 1. The van der Waals surface area contributed by atoms with Crippen molar-refractivity contribution in [2.24, 2.45) is 0 Å². The molecule has 174 valence electrons. The van der Waals surface area contributed by atoms with Crippen molar-refractivity contribution in [3.05, 3.63) is 112 Å². The zero-order valence-corrected chi connectivity index (χ0v) is 20.1. The molecule has 0 aliphatic carbocycles. The van der Waals surface area contributed by atoms with Gasteiger partial charge in [-0.25, -0.2) is 0 Å². The van der Waals surface area contributed by atoms with E-state index < -0.39 is 6.04 Å². The quantitative estimate of drug-likeness (QED) is 0.306. The van der Waals surface area contributed by atoms with Crippen LogP contribution in [0.25, 0.3) is 0 Å². The van der Waals surface area contributed by atoms with Crippen molar-refractivity contribution in [1.29, 1.82) is 0 Å². The molecule has 0 bridgehead atoms. The molecule has 5 nitrogen and oxygen atoms in total. The first-order valence-electron chi connectivity index (χ1n) is 11.3. The van der Waals surface area contributed by atoms with Crippen molar-refractivity contribution >= 4 is 28.8 Å². The Bertz CT molecular complexity index is 1180. The number of hydrogen-bond donors (Lipinski definition) is 1. The first-order chi connectivity index (χ1) is 16.5. The van der Waals surface area contributed by atoms with Crippen LogP contribution in [0.4, 0.5) is 5.69 Å². The molecule has 0 radical (unpaired) electrons. The average Bonchev–Trinajstić information content (AvgIpc) is 3.54. The molecule has 0 saturated heterocycles. The summed E-state index contributed by atoms with van der Waals surface area (Å²) in [5.41, 5.74) is 2.63. The summed E-state index contributed by atoms with van der Waals surface area (Å²) in [5, 5.41) is 4.97. The van der Waals surface area contributed by atoms with Gasteiger partial charge in [0, 0.05) is 10.6 Å². The summed E-state index contributed by atoms with van der Waals surface area (Å²) >= 11 is 1.53. The third-order valence-corrected chi connectivity index (χ3v) is 6.53. The van der Waals surface area contributed by atoms with E-state index in [0.29, 0.717) is 17.4 Å². The SMILES string of the molecule is CC(C)c1ccc(NC(=O)C(c2ccccc2)N(Cc2ccco2)C(=O)Cc2cccs2)cc1. The van der Waals surface area contributed by atoms with E-state index in [-0.39, 0.29) is 24.8 Å². The van der Waals surface area contributed by atoms with E-state index in [2.05, 4.69) is 19.2 Å². The molecule has 2 aromatic carbocycles. The van der Waals surface area contributed by atoms with Gasteiger partial charge in [-0.1, -0.05) is 62.4 Å². The summed E-state index contributed by atoms with van der Waals surface area (Å²) in [5.74, 6) is 0.614. The molecule has 34 heavy (non-hydrogen) atoms. The molecule has 0 saturated carbocycles. The molecule has 1 N–H and O–H groups in total. The lowest BCUT2D eigenvalue weighted by Gasteiger charge is -2.31. The maximum atomic E-state index is 13.7. The second kappa shape index (κ2) is 11.0. The van der Waals surface area contributed by atoms with E-state index in [1.807, 2.05) is 78.2 Å². The van der Waals surface area contributed by atoms with Crippen molar-refractivity contribution in [1.82, 2.24) is 4.90 Å². The standard InChI is InChI=1S/C28H28N2O3S/c1-20(2)21-12-14-23(15-13-21)29-28(32)27(22-8-4-3-5-9-22)30(19-24-10-6-16-33-24)26(31)18-25-11-7-17-34-25/h3-17,20,27H,18-19H2,1-2H3,(H,29,32). The third kappa shape index (κ3) is 5.83. The number of amides is 2. The van der Waals surface area contributed by atoms with E-state index in [1.165, 1.54) is 16.9 Å². The highest BCUT2D eigenvalue weighted by atomic mass is 32.1. The average molecular weight is 473 g/mol. The zero-order chi connectivity index (χ0) is 23.9. The Morgan fingerprint density at radius 1 is 0.912 bits per heavy atom. The fourth-order valence-electron chi connectivity index (χ4n) is 3.83. The Labute approximate surface area is 204 Å². The van der Waals surface area contributed by atoms with Crippen molar-refractivity contribution in [2.45, 2.75) is 38.8 Å². The Balaban J connectivity index is 1.66. The molecule has 0 spiro atoms. The predicted molar refractivity (Wildman–Crippen MR) is 136 cm³/mol. The monoisotopic (exact) mass is 472 g/mol. The molecule has 4 aromatic rings. The van der Waals surface area contributed by atoms with Crippen LogP contribution >= 0.6 is 11.3 Å². The second-order valence-corrected chi connectivity index (χ2v) is 9.47. The Morgan fingerprint density at radius 2 is 1.68 bits per heavy atom. The molecule has 6 heteroatoms. The first-order valence-corrected chi connectivity index (χ1v) is 12.2. The number of hydrogen-bond acceptors (Lipinski definition) is 4. The molecule has 4 rings (SSSR count). The maximum Gasteiger partial charge on any atom is 0.251 e. The van der Waals surface area contributed by atoms with Crippen molar-refractivity contribution in [2.75, 3.05) is 5.32 Å². The number of carbonyl (C=O) groups is 2. The van der Waals surface area contributed by atoms with Crippen molar-refractivity contribution in [3.8, 4) is 0 Å². The molecule has 2 heterocycles. The van der Waals surface area contributed by atoms with Gasteiger partial charge in [-0.15, -0.1) is 11.3 Å². The Morgan fingerprint density at radius 3 is 2.29 bits per heavy atom. The number of nitrogens with one attached hydrogen (secondary N) is 1. The van der Waals surface area contributed by atoms with Gasteiger partial charge in [0.15, 0.2) is 0 Å². The molecular weight excluding hydrogens is 444 g/mol. The molecule has 2 aromatic heterocycles. The fourth-order valence-corrected chi connectivity index (χ4v) is 4.52. The summed E-state index contributed by atoms with van der Waals surface area (Å²) in [4.78, 5) is 29.8. The van der Waals surface area contributed by atoms with E-state index in [4.69, 9.17) is 4.42 Å². The lowest BCUT2D eigenvalue weighted by atomic mass is 10.0. The molecule has 1 atom stereocenters. The van der Waals surface area contributed by atoms with E-state index in [1.54, 1.807) is 17.2 Å². The number of thiophene rings is 1. The predicted octanol–water partition coefficient (Wildman–Crippen LogP) is 6.42. The summed E-state index contributed by atoms with van der Waals surface area (Å²) in [7, 11) is 0. The third-order valence-electron chi connectivity index (χ3n) is 5.65. The normalized spacial score (nSPS) is 11.9. The van der Waals surface area contributed by atoms with Crippen LogP contribution in [0.3, 0.4) is 0 Å². The van der Waals surface area contributed by atoms with Crippen LogP contribution in [0.2, 0.25) is 0 Å². The van der Waals surface area contributed by atoms with E-state index in [0.717, 1.165) is 10.4 Å². The van der Waals surface area contributed by atoms with Crippen LogP contribution in [0.1, 0.15) is 47.6 Å². The highest BCUT2D eigenvalue weighted by Crippen LogP contribution is 2.27. The minimum Gasteiger partial charge on any atom is -0.467 e. The van der Waals surface area contributed by atoms with E-state index in [9.17, 15) is 9.59 Å². The van der Waals surface area contributed by atoms with Gasteiger partial charge >= 0.3 is 0 Å². The zero-order valence-electron chi connectivity index (χ0n) is 19.3. The van der Waals surface area contributed by atoms with Gasteiger partial charge in [-0.05, 0) is 52.8 Å². The van der Waals surface area contributed by atoms with Gasteiger partial charge < -0.3 is 14.6 Å². The first kappa shape index (κ1) is 23.5. The van der Waals surface area contributed by atoms with Crippen molar-refractivity contribution in [3.63, 3.8) is 0 Å². The molecule has 0 fully saturated rings. The second-order valence-electron chi connectivity index (χ2n) is 8.44. The van der Waals surface area contributed by atoms with Crippen LogP contribution in [0, 0.1) is 0 Å². The Hall–Kier alpha value is -3.64.